The Hall–Kier alpha value is -2.83. The summed E-state index contributed by atoms with van der Waals surface area (Å²) in [7, 11) is 1.54. The van der Waals surface area contributed by atoms with Crippen LogP contribution in [0.15, 0.2) is 30.5 Å². The zero-order valence-electron chi connectivity index (χ0n) is 12.4. The van der Waals surface area contributed by atoms with Crippen LogP contribution in [-0.4, -0.2) is 28.7 Å². The van der Waals surface area contributed by atoms with E-state index >= 15 is 0 Å². The molecule has 0 saturated carbocycles. The van der Waals surface area contributed by atoms with E-state index in [1.54, 1.807) is 0 Å². The fraction of sp³-hybridized carbons (Fsp3) is 0.188. The van der Waals surface area contributed by atoms with Crippen molar-refractivity contribution in [2.45, 2.75) is 6.92 Å². The summed E-state index contributed by atoms with van der Waals surface area (Å²) in [5, 5.41) is 0. The molecule has 7 heteroatoms. The lowest BCUT2D eigenvalue weighted by atomic mass is 10.1. The molecule has 0 amide bonds. The summed E-state index contributed by atoms with van der Waals surface area (Å²) >= 11 is 0. The third kappa shape index (κ3) is 3.68. The second-order valence-electron chi connectivity index (χ2n) is 4.90. The summed E-state index contributed by atoms with van der Waals surface area (Å²) in [5.41, 5.74) is -0.0984. The minimum absolute atomic E-state index is 0.0720. The Morgan fingerprint density at radius 2 is 1.87 bits per heavy atom. The smallest absolute Gasteiger partial charge is 0.355 e. The zero-order chi connectivity index (χ0) is 17.1. The molecular weight excluding hydrogens is 308 g/mol. The quantitative estimate of drug-likeness (QED) is 0.627. The molecule has 0 aliphatic carbocycles. The molecule has 0 saturated heterocycles. The highest BCUT2D eigenvalue weighted by molar-refractivity contribution is 6.00. The Kier molecular flexibility index (Phi) is 4.68. The summed E-state index contributed by atoms with van der Waals surface area (Å²) in [5.74, 6) is -3.60. The lowest BCUT2D eigenvalue weighted by Gasteiger charge is -2.06. The predicted molar refractivity (Wildman–Crippen MR) is 76.4 cm³/mol. The van der Waals surface area contributed by atoms with Gasteiger partial charge in [0.2, 0.25) is 5.78 Å². The number of hydrogen-bond donors (Lipinski definition) is 0. The van der Waals surface area contributed by atoms with Gasteiger partial charge in [0, 0.05) is 18.8 Å². The molecule has 0 radical (unpaired) electrons. The molecule has 23 heavy (non-hydrogen) atoms. The summed E-state index contributed by atoms with van der Waals surface area (Å²) in [6.45, 7) is 0.612. The molecule has 0 unspecified atom stereocenters. The number of carbonyl (C=O) groups is 3. The van der Waals surface area contributed by atoms with Crippen molar-refractivity contribution < 1.29 is 27.9 Å². The molecule has 1 aromatic heterocycles. The van der Waals surface area contributed by atoms with Crippen LogP contribution in [0.5, 0.6) is 0 Å². The maximum absolute atomic E-state index is 13.5. The van der Waals surface area contributed by atoms with Gasteiger partial charge in [-0.3, -0.25) is 9.59 Å². The molecule has 0 aliphatic rings. The zero-order valence-corrected chi connectivity index (χ0v) is 12.4. The molecule has 0 aliphatic heterocycles. The highest BCUT2D eigenvalue weighted by Gasteiger charge is 2.19. The van der Waals surface area contributed by atoms with Gasteiger partial charge in [0.1, 0.15) is 17.3 Å². The van der Waals surface area contributed by atoms with Crippen LogP contribution in [0.2, 0.25) is 0 Å². The third-order valence-electron chi connectivity index (χ3n) is 3.18. The van der Waals surface area contributed by atoms with Crippen molar-refractivity contribution in [3.63, 3.8) is 0 Å². The molecule has 120 valence electrons. The number of Topliss-reactive ketones (excluding diaryl/α,β-unsaturated/α-hetero) is 2. The number of aryl methyl sites for hydroxylation is 1. The lowest BCUT2D eigenvalue weighted by Crippen LogP contribution is -2.17. The number of carbonyl (C=O) groups excluding carboxylic acids is 3. The van der Waals surface area contributed by atoms with E-state index in [0.29, 0.717) is 5.56 Å². The molecule has 1 heterocycles. The van der Waals surface area contributed by atoms with Crippen LogP contribution in [0.25, 0.3) is 0 Å². The van der Waals surface area contributed by atoms with E-state index in [4.69, 9.17) is 4.74 Å². The number of ketones is 2. The first kappa shape index (κ1) is 16.5. The Balaban J connectivity index is 2.08. The Morgan fingerprint density at radius 3 is 2.48 bits per heavy atom. The van der Waals surface area contributed by atoms with Gasteiger partial charge in [0.15, 0.2) is 12.4 Å². The van der Waals surface area contributed by atoms with Crippen LogP contribution in [0.1, 0.15) is 38.1 Å². The van der Waals surface area contributed by atoms with E-state index < -0.39 is 35.6 Å². The van der Waals surface area contributed by atoms with Crippen molar-refractivity contribution in [3.8, 4) is 0 Å². The first-order valence-electron chi connectivity index (χ1n) is 6.62. The van der Waals surface area contributed by atoms with Gasteiger partial charge in [-0.2, -0.15) is 0 Å². The predicted octanol–water partition coefficient (Wildman–Crippen LogP) is 2.55. The number of ether oxygens (including phenoxy) is 1. The van der Waals surface area contributed by atoms with Gasteiger partial charge in [-0.15, -0.1) is 0 Å². The lowest BCUT2D eigenvalue weighted by molar-refractivity contribution is 0.0464. The molecule has 1 aromatic carbocycles. The van der Waals surface area contributed by atoms with Crippen LogP contribution < -0.4 is 0 Å². The summed E-state index contributed by atoms with van der Waals surface area (Å²) in [4.78, 5) is 35.0. The number of benzene rings is 1. The van der Waals surface area contributed by atoms with Gasteiger partial charge in [-0.25, -0.2) is 13.6 Å². The number of halogens is 2. The minimum Gasteiger partial charge on any atom is -0.453 e. The maximum Gasteiger partial charge on any atom is 0.355 e. The molecule has 2 rings (SSSR count). The second-order valence-corrected chi connectivity index (χ2v) is 4.90. The van der Waals surface area contributed by atoms with E-state index in [1.165, 1.54) is 30.8 Å². The number of nitrogens with zero attached hydrogens (tertiary/aromatic N) is 1. The van der Waals surface area contributed by atoms with Gasteiger partial charge < -0.3 is 9.30 Å². The molecule has 0 fully saturated rings. The molecule has 0 spiro atoms. The minimum atomic E-state index is -0.898. The van der Waals surface area contributed by atoms with E-state index in [-0.39, 0.29) is 11.5 Å². The van der Waals surface area contributed by atoms with E-state index in [9.17, 15) is 23.2 Å². The largest absolute Gasteiger partial charge is 0.453 e. The van der Waals surface area contributed by atoms with Crippen molar-refractivity contribution in [1.29, 1.82) is 0 Å². The first-order chi connectivity index (χ1) is 10.8. The average Bonchev–Trinajstić information content (AvgIpc) is 2.89. The Labute approximate surface area is 130 Å². The van der Waals surface area contributed by atoms with Gasteiger partial charge in [0.25, 0.3) is 0 Å². The fourth-order valence-corrected chi connectivity index (χ4v) is 1.95. The van der Waals surface area contributed by atoms with Gasteiger partial charge in [-0.1, -0.05) is 0 Å². The number of aromatic nitrogens is 1. The monoisotopic (exact) mass is 321 g/mol. The first-order valence-corrected chi connectivity index (χ1v) is 6.62. The van der Waals surface area contributed by atoms with Crippen LogP contribution in [0.3, 0.4) is 0 Å². The van der Waals surface area contributed by atoms with Crippen molar-refractivity contribution >= 4 is 17.5 Å². The maximum atomic E-state index is 13.5. The number of rotatable bonds is 5. The Bertz CT molecular complexity index is 795. The molecule has 2 aromatic rings. The van der Waals surface area contributed by atoms with Crippen molar-refractivity contribution in [2.24, 2.45) is 7.05 Å². The van der Waals surface area contributed by atoms with Crippen LogP contribution in [0.4, 0.5) is 8.78 Å². The second kappa shape index (κ2) is 6.51. The average molecular weight is 321 g/mol. The SMILES string of the molecule is CC(=O)c1cc(C(=O)OCC(=O)c2cc(F)ccc2F)n(C)c1. The molecule has 0 atom stereocenters. The standard InChI is InChI=1S/C16H13F2NO4/c1-9(20)10-5-14(19(2)7-10)16(22)23-8-15(21)12-6-11(17)3-4-13(12)18/h3-7H,8H2,1-2H3. The van der Waals surface area contributed by atoms with Gasteiger partial charge in [-0.05, 0) is 31.2 Å². The van der Waals surface area contributed by atoms with Crippen molar-refractivity contribution in [2.75, 3.05) is 6.61 Å². The highest BCUT2D eigenvalue weighted by atomic mass is 19.1. The number of esters is 1. The molecule has 0 N–H and O–H groups in total. The Morgan fingerprint density at radius 1 is 1.17 bits per heavy atom. The third-order valence-corrected chi connectivity index (χ3v) is 3.18. The van der Waals surface area contributed by atoms with Crippen molar-refractivity contribution in [1.82, 2.24) is 4.57 Å². The van der Waals surface area contributed by atoms with Crippen LogP contribution in [-0.2, 0) is 11.8 Å². The van der Waals surface area contributed by atoms with E-state index in [0.717, 1.165) is 18.2 Å². The van der Waals surface area contributed by atoms with Crippen molar-refractivity contribution in [3.05, 3.63) is 58.9 Å². The summed E-state index contributed by atoms with van der Waals surface area (Å²) < 4.78 is 32.7. The van der Waals surface area contributed by atoms with E-state index in [1.807, 2.05) is 0 Å². The van der Waals surface area contributed by atoms with E-state index in [2.05, 4.69) is 0 Å². The topological polar surface area (TPSA) is 65.4 Å². The highest BCUT2D eigenvalue weighted by Crippen LogP contribution is 2.12. The van der Waals surface area contributed by atoms with Crippen LogP contribution in [0, 0.1) is 11.6 Å². The van der Waals surface area contributed by atoms with Crippen LogP contribution >= 0.6 is 0 Å². The van der Waals surface area contributed by atoms with Gasteiger partial charge >= 0.3 is 5.97 Å². The fourth-order valence-electron chi connectivity index (χ4n) is 1.95. The normalized spacial score (nSPS) is 10.4. The molecule has 0 bridgehead atoms. The van der Waals surface area contributed by atoms with Gasteiger partial charge in [0.05, 0.1) is 5.56 Å². The molecule has 5 nitrogen and oxygen atoms in total. The summed E-state index contributed by atoms with van der Waals surface area (Å²) in [6.07, 6.45) is 1.45. The molecular formula is C16H13F2NO4. The number of hydrogen-bond acceptors (Lipinski definition) is 4. The summed E-state index contributed by atoms with van der Waals surface area (Å²) in [6, 6.07) is 3.77.